The Labute approximate surface area is 104 Å². The summed E-state index contributed by atoms with van der Waals surface area (Å²) in [6, 6.07) is 7.30. The number of rotatable bonds is 2. The summed E-state index contributed by atoms with van der Waals surface area (Å²) in [5.74, 6) is 0. The maximum absolute atomic E-state index is 10.5. The molecule has 0 fully saturated rings. The number of allylic oxidation sites excluding steroid dienone is 1. The van der Waals surface area contributed by atoms with E-state index in [1.807, 2.05) is 18.2 Å². The van der Waals surface area contributed by atoms with Gasteiger partial charge in [0.1, 0.15) is 0 Å². The molecule has 17 heavy (non-hydrogen) atoms. The number of benzene rings is 1. The van der Waals surface area contributed by atoms with Crippen LogP contribution in [-0.4, -0.2) is 12.2 Å². The summed E-state index contributed by atoms with van der Waals surface area (Å²) in [5.41, 5.74) is 10.2. The summed E-state index contributed by atoms with van der Waals surface area (Å²) in [7, 11) is 0. The number of carbonyl (C=O) groups excluding carboxylic acids is 1. The minimum Gasteiger partial charge on any atom is -0.350 e. The molecule has 0 aromatic heterocycles. The number of fused-ring (bicyclic) bond motifs is 1. The summed E-state index contributed by atoms with van der Waals surface area (Å²) >= 11 is 6.27. The molecular weight excluding hydrogens is 238 g/mol. The number of amides is 2. The van der Waals surface area contributed by atoms with Gasteiger partial charge in [0.05, 0.1) is 11.2 Å². The molecule has 3 N–H and O–H groups in total. The normalized spacial score (nSPS) is 14.9. The van der Waals surface area contributed by atoms with Crippen molar-refractivity contribution in [3.8, 4) is 0 Å². The largest absolute Gasteiger partial charge is 0.350 e. The van der Waals surface area contributed by atoms with Crippen molar-refractivity contribution in [1.29, 1.82) is 0 Å². The van der Waals surface area contributed by atoms with E-state index in [-0.39, 0.29) is 0 Å². The molecular formula is C12H12ClN3O. The molecule has 5 heteroatoms. The number of nitrogens with one attached hydrogen (secondary N) is 1. The highest BCUT2D eigenvalue weighted by Crippen LogP contribution is 2.32. The van der Waals surface area contributed by atoms with Gasteiger partial charge in [-0.25, -0.2) is 10.2 Å². The standard InChI is InChI=1S/C12H12ClN3O/c13-11-9(7-15-16-12(14)17)6-5-8-3-1-2-4-10(8)11/h1-4,7H,5-6H2,(H3,14,16,17)/b15-7-. The minimum absolute atomic E-state index is 0.682. The zero-order valence-electron chi connectivity index (χ0n) is 9.11. The van der Waals surface area contributed by atoms with Crippen LogP contribution in [-0.2, 0) is 6.42 Å². The summed E-state index contributed by atoms with van der Waals surface area (Å²) in [4.78, 5) is 10.5. The molecule has 1 aliphatic carbocycles. The maximum atomic E-state index is 10.5. The topological polar surface area (TPSA) is 67.5 Å². The van der Waals surface area contributed by atoms with Gasteiger partial charge >= 0.3 is 6.03 Å². The monoisotopic (exact) mass is 249 g/mol. The lowest BCUT2D eigenvalue weighted by molar-refractivity contribution is 0.249. The highest BCUT2D eigenvalue weighted by Gasteiger charge is 2.15. The van der Waals surface area contributed by atoms with Crippen molar-refractivity contribution in [3.05, 3.63) is 41.0 Å². The Kier molecular flexibility index (Phi) is 3.44. The average Bonchev–Trinajstić information content (AvgIpc) is 2.32. The molecule has 4 nitrogen and oxygen atoms in total. The first-order valence-corrected chi connectivity index (χ1v) is 5.61. The number of hydrazone groups is 1. The van der Waals surface area contributed by atoms with Crippen LogP contribution >= 0.6 is 11.6 Å². The van der Waals surface area contributed by atoms with Gasteiger partial charge in [0, 0.05) is 0 Å². The van der Waals surface area contributed by atoms with E-state index in [9.17, 15) is 4.79 Å². The Morgan fingerprint density at radius 2 is 2.18 bits per heavy atom. The molecule has 2 rings (SSSR count). The molecule has 1 aromatic carbocycles. The fourth-order valence-corrected chi connectivity index (χ4v) is 2.13. The molecule has 0 aliphatic heterocycles. The van der Waals surface area contributed by atoms with Crippen molar-refractivity contribution in [2.24, 2.45) is 10.8 Å². The Morgan fingerprint density at radius 1 is 1.41 bits per heavy atom. The van der Waals surface area contributed by atoms with Gasteiger partial charge in [-0.05, 0) is 29.5 Å². The molecule has 0 saturated carbocycles. The minimum atomic E-state index is -0.686. The quantitative estimate of drug-likeness (QED) is 0.613. The van der Waals surface area contributed by atoms with E-state index >= 15 is 0 Å². The molecule has 0 bridgehead atoms. The summed E-state index contributed by atoms with van der Waals surface area (Å²) in [6.07, 6.45) is 3.27. The van der Waals surface area contributed by atoms with Crippen molar-refractivity contribution in [2.45, 2.75) is 12.8 Å². The van der Waals surface area contributed by atoms with E-state index in [1.165, 1.54) is 5.56 Å². The number of aryl methyl sites for hydroxylation is 1. The van der Waals surface area contributed by atoms with Crippen LogP contribution in [0.2, 0.25) is 0 Å². The number of nitrogens with zero attached hydrogens (tertiary/aromatic N) is 1. The smallest absolute Gasteiger partial charge is 0.332 e. The third-order valence-corrected chi connectivity index (χ3v) is 3.04. The number of urea groups is 1. The van der Waals surface area contributed by atoms with Crippen LogP contribution in [0.25, 0.3) is 5.03 Å². The molecule has 0 unspecified atom stereocenters. The van der Waals surface area contributed by atoms with Crippen molar-refractivity contribution < 1.29 is 4.79 Å². The predicted molar refractivity (Wildman–Crippen MR) is 68.7 cm³/mol. The molecule has 0 heterocycles. The van der Waals surface area contributed by atoms with Gasteiger partial charge in [0.25, 0.3) is 0 Å². The van der Waals surface area contributed by atoms with Crippen molar-refractivity contribution in [2.75, 3.05) is 0 Å². The molecule has 0 atom stereocenters. The van der Waals surface area contributed by atoms with Crippen LogP contribution in [0.15, 0.2) is 34.9 Å². The first-order chi connectivity index (χ1) is 8.18. The zero-order chi connectivity index (χ0) is 12.3. The number of primary amides is 1. The van der Waals surface area contributed by atoms with Crippen LogP contribution in [0.3, 0.4) is 0 Å². The molecule has 0 spiro atoms. The highest BCUT2D eigenvalue weighted by atomic mass is 35.5. The van der Waals surface area contributed by atoms with E-state index in [1.54, 1.807) is 6.21 Å². The van der Waals surface area contributed by atoms with Crippen molar-refractivity contribution in [1.82, 2.24) is 5.43 Å². The fourth-order valence-electron chi connectivity index (χ4n) is 1.80. The van der Waals surface area contributed by atoms with Gasteiger partial charge in [-0.15, -0.1) is 0 Å². The summed E-state index contributed by atoms with van der Waals surface area (Å²) in [6.45, 7) is 0. The lowest BCUT2D eigenvalue weighted by atomic mass is 9.92. The second-order valence-electron chi connectivity index (χ2n) is 3.73. The van der Waals surface area contributed by atoms with Gasteiger partial charge in [-0.2, -0.15) is 5.10 Å². The number of hydrogen-bond donors (Lipinski definition) is 2. The van der Waals surface area contributed by atoms with Crippen LogP contribution in [0.4, 0.5) is 4.79 Å². The molecule has 2 amide bonds. The van der Waals surface area contributed by atoms with E-state index in [0.717, 1.165) is 24.0 Å². The number of nitrogens with two attached hydrogens (primary N) is 1. The van der Waals surface area contributed by atoms with Crippen molar-refractivity contribution >= 4 is 28.9 Å². The average molecular weight is 250 g/mol. The Bertz CT molecular complexity index is 508. The molecule has 0 saturated heterocycles. The predicted octanol–water partition coefficient (Wildman–Crippen LogP) is 2.24. The zero-order valence-corrected chi connectivity index (χ0v) is 9.87. The van der Waals surface area contributed by atoms with Crippen LogP contribution in [0.5, 0.6) is 0 Å². The molecule has 1 aliphatic rings. The fraction of sp³-hybridized carbons (Fsp3) is 0.167. The van der Waals surface area contributed by atoms with Crippen LogP contribution in [0.1, 0.15) is 17.5 Å². The van der Waals surface area contributed by atoms with E-state index in [2.05, 4.69) is 16.6 Å². The first-order valence-electron chi connectivity index (χ1n) is 5.24. The second kappa shape index (κ2) is 5.01. The maximum Gasteiger partial charge on any atom is 0.332 e. The first kappa shape index (κ1) is 11.7. The van der Waals surface area contributed by atoms with Gasteiger partial charge in [-0.3, -0.25) is 0 Å². The van der Waals surface area contributed by atoms with Gasteiger partial charge in [-0.1, -0.05) is 35.9 Å². The number of carbonyl (C=O) groups is 1. The third-order valence-electron chi connectivity index (χ3n) is 2.59. The van der Waals surface area contributed by atoms with Crippen LogP contribution < -0.4 is 11.2 Å². The molecule has 1 aromatic rings. The SMILES string of the molecule is NC(=O)N/N=C\C1=C(Cl)c2ccccc2CC1. The lowest BCUT2D eigenvalue weighted by Gasteiger charge is -2.16. The number of hydrogen-bond acceptors (Lipinski definition) is 2. The number of halogens is 1. The Morgan fingerprint density at radius 3 is 2.94 bits per heavy atom. The van der Waals surface area contributed by atoms with E-state index < -0.39 is 6.03 Å². The van der Waals surface area contributed by atoms with E-state index in [0.29, 0.717) is 5.03 Å². The van der Waals surface area contributed by atoms with Crippen LogP contribution in [0, 0.1) is 0 Å². The van der Waals surface area contributed by atoms with Crippen molar-refractivity contribution in [3.63, 3.8) is 0 Å². The lowest BCUT2D eigenvalue weighted by Crippen LogP contribution is -2.24. The summed E-state index contributed by atoms with van der Waals surface area (Å²) < 4.78 is 0. The van der Waals surface area contributed by atoms with Gasteiger partial charge < -0.3 is 5.73 Å². The highest BCUT2D eigenvalue weighted by molar-refractivity contribution is 6.50. The van der Waals surface area contributed by atoms with Gasteiger partial charge in [0.2, 0.25) is 0 Å². The Hall–Kier alpha value is -1.81. The molecule has 88 valence electrons. The molecule has 0 radical (unpaired) electrons. The third kappa shape index (κ3) is 2.65. The second-order valence-corrected chi connectivity index (χ2v) is 4.11. The van der Waals surface area contributed by atoms with Gasteiger partial charge in [0.15, 0.2) is 0 Å². The summed E-state index contributed by atoms with van der Waals surface area (Å²) in [5, 5.41) is 4.41. The van der Waals surface area contributed by atoms with E-state index in [4.69, 9.17) is 17.3 Å². The Balaban J connectivity index is 2.25.